The maximum absolute atomic E-state index is 6.16. The molecule has 0 aliphatic rings. The van der Waals surface area contributed by atoms with Crippen LogP contribution in [0.25, 0.3) is 17.5 Å². The number of hydrogen-bond acceptors (Lipinski definition) is 5. The summed E-state index contributed by atoms with van der Waals surface area (Å²) in [6.45, 7) is 2.57. The van der Waals surface area contributed by atoms with E-state index >= 15 is 0 Å². The van der Waals surface area contributed by atoms with Gasteiger partial charge >= 0.3 is 0 Å². The molecule has 1 aromatic heterocycles. The minimum atomic E-state index is 0.619. The highest BCUT2D eigenvalue weighted by Gasteiger charge is 2.12. The van der Waals surface area contributed by atoms with E-state index in [1.165, 1.54) is 10.2 Å². The van der Waals surface area contributed by atoms with Crippen molar-refractivity contribution in [1.29, 1.82) is 0 Å². The van der Waals surface area contributed by atoms with Crippen LogP contribution in [-0.4, -0.2) is 27.2 Å². The zero-order valence-electron chi connectivity index (χ0n) is 14.0. The Morgan fingerprint density at radius 1 is 1.12 bits per heavy atom. The van der Waals surface area contributed by atoms with Crippen LogP contribution < -0.4 is 10.6 Å². The van der Waals surface area contributed by atoms with Gasteiger partial charge in [0.15, 0.2) is 5.82 Å². The molecule has 128 valence electrons. The number of aromatic nitrogens is 3. The van der Waals surface area contributed by atoms with E-state index < -0.39 is 0 Å². The number of hydrogen-bond donors (Lipinski definition) is 1. The SMILES string of the molecule is CCOc1cccc(-c2nnc(SC/C=C/c3ccccc3)n2N)c1. The molecule has 0 amide bonds. The Kier molecular flexibility index (Phi) is 5.74. The van der Waals surface area contributed by atoms with Crippen molar-refractivity contribution in [3.8, 4) is 17.1 Å². The van der Waals surface area contributed by atoms with Crippen LogP contribution in [0.15, 0.2) is 65.8 Å². The van der Waals surface area contributed by atoms with E-state index in [0.717, 1.165) is 17.1 Å². The Morgan fingerprint density at radius 2 is 1.96 bits per heavy atom. The Hall–Kier alpha value is -2.73. The van der Waals surface area contributed by atoms with E-state index in [0.29, 0.717) is 17.6 Å². The molecule has 0 radical (unpaired) electrons. The van der Waals surface area contributed by atoms with Crippen LogP contribution in [0.1, 0.15) is 12.5 Å². The molecule has 1 heterocycles. The summed E-state index contributed by atoms with van der Waals surface area (Å²) >= 11 is 1.54. The number of benzene rings is 2. The topological polar surface area (TPSA) is 66.0 Å². The van der Waals surface area contributed by atoms with Gasteiger partial charge in [0, 0.05) is 11.3 Å². The van der Waals surface area contributed by atoms with Crippen molar-refractivity contribution in [2.75, 3.05) is 18.2 Å². The van der Waals surface area contributed by atoms with E-state index in [1.54, 1.807) is 11.8 Å². The number of nitrogen functional groups attached to an aromatic ring is 1. The summed E-state index contributed by atoms with van der Waals surface area (Å²) in [5, 5.41) is 9.08. The molecule has 6 heteroatoms. The van der Waals surface area contributed by atoms with Gasteiger partial charge in [0.05, 0.1) is 6.61 Å². The molecule has 25 heavy (non-hydrogen) atoms. The average molecular weight is 352 g/mol. The van der Waals surface area contributed by atoms with Gasteiger partial charge in [-0.15, -0.1) is 10.2 Å². The first-order valence-electron chi connectivity index (χ1n) is 8.06. The van der Waals surface area contributed by atoms with Crippen molar-refractivity contribution in [2.24, 2.45) is 0 Å². The van der Waals surface area contributed by atoms with Gasteiger partial charge in [-0.05, 0) is 24.6 Å². The first kappa shape index (κ1) is 17.1. The third-order valence-corrected chi connectivity index (χ3v) is 4.38. The van der Waals surface area contributed by atoms with Crippen molar-refractivity contribution in [3.05, 3.63) is 66.2 Å². The van der Waals surface area contributed by atoms with Crippen LogP contribution in [0.3, 0.4) is 0 Å². The molecule has 0 bridgehead atoms. The number of thioether (sulfide) groups is 1. The molecule has 5 nitrogen and oxygen atoms in total. The highest BCUT2D eigenvalue weighted by atomic mass is 32.2. The highest BCUT2D eigenvalue weighted by molar-refractivity contribution is 7.99. The monoisotopic (exact) mass is 352 g/mol. The summed E-state index contributed by atoms with van der Waals surface area (Å²) in [7, 11) is 0. The molecule has 0 saturated carbocycles. The largest absolute Gasteiger partial charge is 0.494 e. The second-order valence-corrected chi connectivity index (χ2v) is 6.25. The molecule has 0 unspecified atom stereocenters. The average Bonchev–Trinajstić information content (AvgIpc) is 3.01. The smallest absolute Gasteiger partial charge is 0.210 e. The third-order valence-electron chi connectivity index (χ3n) is 3.49. The van der Waals surface area contributed by atoms with E-state index in [1.807, 2.05) is 49.4 Å². The minimum Gasteiger partial charge on any atom is -0.494 e. The van der Waals surface area contributed by atoms with Crippen LogP contribution >= 0.6 is 11.8 Å². The molecule has 3 rings (SSSR count). The Bertz CT molecular complexity index is 846. The number of ether oxygens (including phenoxy) is 1. The van der Waals surface area contributed by atoms with Crippen LogP contribution in [0.4, 0.5) is 0 Å². The summed E-state index contributed by atoms with van der Waals surface area (Å²) in [6, 6.07) is 17.9. The maximum Gasteiger partial charge on any atom is 0.210 e. The summed E-state index contributed by atoms with van der Waals surface area (Å²) < 4.78 is 7.04. The molecular weight excluding hydrogens is 332 g/mol. The van der Waals surface area contributed by atoms with Gasteiger partial charge in [-0.1, -0.05) is 66.4 Å². The molecule has 0 spiro atoms. The van der Waals surface area contributed by atoms with E-state index in [9.17, 15) is 0 Å². The first-order chi connectivity index (χ1) is 12.3. The number of nitrogens with two attached hydrogens (primary N) is 1. The zero-order chi connectivity index (χ0) is 17.5. The van der Waals surface area contributed by atoms with Gasteiger partial charge in [-0.2, -0.15) is 0 Å². The normalized spacial score (nSPS) is 11.1. The predicted molar refractivity (Wildman–Crippen MR) is 103 cm³/mol. The van der Waals surface area contributed by atoms with Crippen molar-refractivity contribution in [3.63, 3.8) is 0 Å². The third kappa shape index (κ3) is 4.42. The summed E-state index contributed by atoms with van der Waals surface area (Å²) in [4.78, 5) is 0. The molecule has 0 atom stereocenters. The van der Waals surface area contributed by atoms with Crippen LogP contribution in [0, 0.1) is 0 Å². The summed E-state index contributed by atoms with van der Waals surface area (Å²) in [5.74, 6) is 8.34. The minimum absolute atomic E-state index is 0.619. The first-order valence-corrected chi connectivity index (χ1v) is 9.04. The highest BCUT2D eigenvalue weighted by Crippen LogP contribution is 2.24. The lowest BCUT2D eigenvalue weighted by atomic mass is 10.2. The lowest BCUT2D eigenvalue weighted by Crippen LogP contribution is -2.11. The van der Waals surface area contributed by atoms with Gasteiger partial charge in [0.2, 0.25) is 5.16 Å². The molecule has 0 aliphatic heterocycles. The molecule has 2 aromatic carbocycles. The van der Waals surface area contributed by atoms with Gasteiger partial charge in [-0.25, -0.2) is 4.68 Å². The number of nitrogens with zero attached hydrogens (tertiary/aromatic N) is 3. The molecule has 0 saturated heterocycles. The zero-order valence-corrected chi connectivity index (χ0v) is 14.8. The van der Waals surface area contributed by atoms with Crippen molar-refractivity contribution >= 4 is 17.8 Å². The molecule has 0 aliphatic carbocycles. The number of rotatable bonds is 7. The van der Waals surface area contributed by atoms with E-state index in [4.69, 9.17) is 10.6 Å². The fourth-order valence-corrected chi connectivity index (χ4v) is 3.00. The second kappa shape index (κ2) is 8.39. The van der Waals surface area contributed by atoms with E-state index in [-0.39, 0.29) is 0 Å². The van der Waals surface area contributed by atoms with Crippen molar-refractivity contribution in [1.82, 2.24) is 14.9 Å². The van der Waals surface area contributed by atoms with Crippen LogP contribution in [-0.2, 0) is 0 Å². The summed E-state index contributed by atoms with van der Waals surface area (Å²) in [5.41, 5.74) is 2.05. The fourth-order valence-electron chi connectivity index (χ4n) is 2.33. The van der Waals surface area contributed by atoms with Crippen molar-refractivity contribution in [2.45, 2.75) is 12.1 Å². The predicted octanol–water partition coefficient (Wildman–Crippen LogP) is 3.86. The Balaban J connectivity index is 1.67. The van der Waals surface area contributed by atoms with Gasteiger partial charge in [-0.3, -0.25) is 0 Å². The van der Waals surface area contributed by atoms with Gasteiger partial charge < -0.3 is 10.6 Å². The lowest BCUT2D eigenvalue weighted by molar-refractivity contribution is 0.340. The fraction of sp³-hybridized carbons (Fsp3) is 0.158. The second-order valence-electron chi connectivity index (χ2n) is 5.26. The van der Waals surface area contributed by atoms with Crippen LogP contribution in [0.5, 0.6) is 5.75 Å². The molecule has 0 fully saturated rings. The van der Waals surface area contributed by atoms with Gasteiger partial charge in [0.25, 0.3) is 0 Å². The molecule has 3 aromatic rings. The van der Waals surface area contributed by atoms with E-state index in [2.05, 4.69) is 34.5 Å². The Morgan fingerprint density at radius 3 is 2.76 bits per heavy atom. The molecular formula is C19H20N4OS. The Labute approximate surface area is 151 Å². The van der Waals surface area contributed by atoms with Crippen molar-refractivity contribution < 1.29 is 4.74 Å². The maximum atomic E-state index is 6.16. The summed E-state index contributed by atoms with van der Waals surface area (Å²) in [6.07, 6.45) is 4.17. The standard InChI is InChI=1S/C19H20N4OS/c1-2-24-17-12-6-11-16(14-17)18-21-22-19(23(18)20)25-13-7-10-15-8-4-3-5-9-15/h3-12,14H,2,13,20H2,1H3/b10-7+. The van der Waals surface area contributed by atoms with Gasteiger partial charge in [0.1, 0.15) is 5.75 Å². The van der Waals surface area contributed by atoms with Crippen LogP contribution in [0.2, 0.25) is 0 Å². The molecule has 2 N–H and O–H groups in total. The quantitative estimate of drug-likeness (QED) is 0.516. The lowest BCUT2D eigenvalue weighted by Gasteiger charge is -2.06.